The van der Waals surface area contributed by atoms with Gasteiger partial charge >= 0.3 is 0 Å². The average molecular weight is 283 g/mol. The number of sulfonamides is 1. The van der Waals surface area contributed by atoms with Crippen LogP contribution in [0.4, 0.5) is 0 Å². The first-order valence-corrected chi connectivity index (χ1v) is 7.77. The van der Waals surface area contributed by atoms with Gasteiger partial charge in [-0.05, 0) is 25.0 Å². The van der Waals surface area contributed by atoms with Crippen molar-refractivity contribution in [3.63, 3.8) is 0 Å². The summed E-state index contributed by atoms with van der Waals surface area (Å²) in [6.07, 6.45) is 3.01. The molecule has 6 nitrogen and oxygen atoms in total. The van der Waals surface area contributed by atoms with E-state index in [1.54, 1.807) is 23.2 Å². The lowest BCUT2D eigenvalue weighted by molar-refractivity contribution is -0.131. The summed E-state index contributed by atoms with van der Waals surface area (Å²) in [4.78, 5) is 17.7. The molecule has 2 rings (SSSR count). The summed E-state index contributed by atoms with van der Waals surface area (Å²) in [5.74, 6) is -0.105. The minimum Gasteiger partial charge on any atom is -0.341 e. The quantitative estimate of drug-likeness (QED) is 0.838. The van der Waals surface area contributed by atoms with Gasteiger partial charge in [-0.1, -0.05) is 6.07 Å². The van der Waals surface area contributed by atoms with Crippen LogP contribution in [0.1, 0.15) is 18.5 Å². The number of nitrogens with zero attached hydrogens (tertiary/aromatic N) is 2. The topological polar surface area (TPSA) is 93.4 Å². The first kappa shape index (κ1) is 14.0. The molecule has 0 aliphatic carbocycles. The smallest absolute Gasteiger partial charge is 0.228 e. The lowest BCUT2D eigenvalue weighted by Crippen LogP contribution is -2.47. The molecule has 1 aliphatic heterocycles. The number of primary sulfonamides is 1. The molecule has 104 valence electrons. The van der Waals surface area contributed by atoms with E-state index in [0.29, 0.717) is 25.1 Å². The van der Waals surface area contributed by atoms with Crippen LogP contribution in [-0.4, -0.2) is 42.5 Å². The molecule has 1 fully saturated rings. The van der Waals surface area contributed by atoms with Gasteiger partial charge in [0.1, 0.15) is 0 Å². The zero-order valence-electron chi connectivity index (χ0n) is 10.5. The van der Waals surface area contributed by atoms with E-state index in [4.69, 9.17) is 5.14 Å². The van der Waals surface area contributed by atoms with Crippen molar-refractivity contribution in [2.75, 3.05) is 13.1 Å². The van der Waals surface area contributed by atoms with Gasteiger partial charge in [-0.15, -0.1) is 0 Å². The number of likely N-dealkylation sites (tertiary alicyclic amines) is 1. The molecule has 1 atom stereocenters. The second kappa shape index (κ2) is 5.66. The van der Waals surface area contributed by atoms with Gasteiger partial charge in [0.15, 0.2) is 0 Å². The molecule has 7 heteroatoms. The maximum Gasteiger partial charge on any atom is 0.228 e. The number of hydrogen-bond donors (Lipinski definition) is 1. The minimum absolute atomic E-state index is 0.105. The van der Waals surface area contributed by atoms with E-state index in [-0.39, 0.29) is 18.9 Å². The van der Waals surface area contributed by atoms with Gasteiger partial charge in [-0.3, -0.25) is 9.78 Å². The fraction of sp³-hybridized carbons (Fsp3) is 0.500. The van der Waals surface area contributed by atoms with Crippen molar-refractivity contribution in [1.29, 1.82) is 0 Å². The van der Waals surface area contributed by atoms with Crippen molar-refractivity contribution in [3.8, 4) is 0 Å². The van der Waals surface area contributed by atoms with Gasteiger partial charge in [0, 0.05) is 25.0 Å². The molecule has 2 N–H and O–H groups in total. The predicted molar refractivity (Wildman–Crippen MR) is 70.7 cm³/mol. The Bertz CT molecular complexity index is 545. The zero-order chi connectivity index (χ0) is 13.9. The molecule has 19 heavy (non-hydrogen) atoms. The Morgan fingerprint density at radius 1 is 1.47 bits per heavy atom. The van der Waals surface area contributed by atoms with Crippen LogP contribution in [0.5, 0.6) is 0 Å². The van der Waals surface area contributed by atoms with Crippen molar-refractivity contribution in [1.82, 2.24) is 9.88 Å². The van der Waals surface area contributed by atoms with Crippen LogP contribution in [0.2, 0.25) is 0 Å². The number of pyridine rings is 1. The first-order valence-electron chi connectivity index (χ1n) is 6.16. The summed E-state index contributed by atoms with van der Waals surface area (Å²) in [7, 11) is -3.57. The number of piperidine rings is 1. The molecule has 2 heterocycles. The van der Waals surface area contributed by atoms with E-state index in [1.165, 1.54) is 0 Å². The molecule has 0 radical (unpaired) electrons. The van der Waals surface area contributed by atoms with E-state index in [1.807, 2.05) is 6.07 Å². The summed E-state index contributed by atoms with van der Waals surface area (Å²) >= 11 is 0. The standard InChI is InChI=1S/C12H17N3O3S/c13-19(17,18)11-5-3-7-15(9-11)12(16)8-10-4-1-2-6-14-10/h1-2,4,6,11H,3,5,7-9H2,(H2,13,17,18). The van der Waals surface area contributed by atoms with E-state index in [0.717, 1.165) is 0 Å². The number of carbonyl (C=O) groups excluding carboxylic acids is 1. The van der Waals surface area contributed by atoms with E-state index >= 15 is 0 Å². The van der Waals surface area contributed by atoms with Crippen LogP contribution in [-0.2, 0) is 21.2 Å². The van der Waals surface area contributed by atoms with Crippen molar-refractivity contribution in [2.24, 2.45) is 5.14 Å². The van der Waals surface area contributed by atoms with Gasteiger partial charge in [-0.25, -0.2) is 13.6 Å². The molecule has 1 aromatic rings. The Morgan fingerprint density at radius 2 is 2.26 bits per heavy atom. The van der Waals surface area contributed by atoms with Crippen LogP contribution in [0, 0.1) is 0 Å². The zero-order valence-corrected chi connectivity index (χ0v) is 11.3. The highest BCUT2D eigenvalue weighted by atomic mass is 32.2. The normalized spacial score (nSPS) is 20.3. The van der Waals surface area contributed by atoms with Crippen LogP contribution >= 0.6 is 0 Å². The maximum atomic E-state index is 12.1. The Balaban J connectivity index is 2.00. The summed E-state index contributed by atoms with van der Waals surface area (Å²) in [6, 6.07) is 5.38. The fourth-order valence-electron chi connectivity index (χ4n) is 2.20. The molecule has 1 unspecified atom stereocenters. The molecule has 0 saturated carbocycles. The van der Waals surface area contributed by atoms with Gasteiger partial charge < -0.3 is 4.90 Å². The van der Waals surface area contributed by atoms with E-state index in [9.17, 15) is 13.2 Å². The van der Waals surface area contributed by atoms with E-state index in [2.05, 4.69) is 4.98 Å². The molecule has 0 spiro atoms. The average Bonchev–Trinajstić information content (AvgIpc) is 2.39. The second-order valence-corrected chi connectivity index (χ2v) is 6.54. The lowest BCUT2D eigenvalue weighted by Gasteiger charge is -2.31. The third-order valence-corrected chi connectivity index (χ3v) is 4.57. The summed E-state index contributed by atoms with van der Waals surface area (Å²) < 4.78 is 22.7. The summed E-state index contributed by atoms with van der Waals surface area (Å²) in [5, 5.41) is 4.50. The van der Waals surface area contributed by atoms with Crippen LogP contribution in [0.15, 0.2) is 24.4 Å². The Labute approximate surface area is 112 Å². The third-order valence-electron chi connectivity index (χ3n) is 3.25. The van der Waals surface area contributed by atoms with Gasteiger partial charge in [-0.2, -0.15) is 0 Å². The molecular weight excluding hydrogens is 266 g/mol. The van der Waals surface area contributed by atoms with Crippen molar-refractivity contribution < 1.29 is 13.2 Å². The summed E-state index contributed by atoms with van der Waals surface area (Å²) in [6.45, 7) is 0.766. The SMILES string of the molecule is NS(=O)(=O)C1CCCN(C(=O)Cc2ccccn2)C1. The largest absolute Gasteiger partial charge is 0.341 e. The highest BCUT2D eigenvalue weighted by Gasteiger charge is 2.30. The van der Waals surface area contributed by atoms with Crippen LogP contribution in [0.25, 0.3) is 0 Å². The Kier molecular flexibility index (Phi) is 4.16. The lowest BCUT2D eigenvalue weighted by atomic mass is 10.1. The number of rotatable bonds is 3. The van der Waals surface area contributed by atoms with Gasteiger partial charge in [0.05, 0.1) is 11.7 Å². The number of amides is 1. The number of nitrogens with two attached hydrogens (primary N) is 1. The molecule has 1 aliphatic rings. The number of aromatic nitrogens is 1. The number of hydrogen-bond acceptors (Lipinski definition) is 4. The van der Waals surface area contributed by atoms with Crippen molar-refractivity contribution in [2.45, 2.75) is 24.5 Å². The molecular formula is C12H17N3O3S. The first-order chi connectivity index (χ1) is 8.97. The molecule has 1 saturated heterocycles. The van der Waals surface area contributed by atoms with Crippen LogP contribution < -0.4 is 5.14 Å². The highest BCUT2D eigenvalue weighted by molar-refractivity contribution is 7.89. The minimum atomic E-state index is -3.57. The summed E-state index contributed by atoms with van der Waals surface area (Å²) in [5.41, 5.74) is 0.685. The Hall–Kier alpha value is -1.47. The fourth-order valence-corrected chi connectivity index (χ4v) is 3.09. The third kappa shape index (κ3) is 3.74. The maximum absolute atomic E-state index is 12.1. The van der Waals surface area contributed by atoms with E-state index < -0.39 is 15.3 Å². The monoisotopic (exact) mass is 283 g/mol. The predicted octanol–water partition coefficient (Wildman–Crippen LogP) is -0.0964. The molecule has 0 bridgehead atoms. The van der Waals surface area contributed by atoms with Gasteiger partial charge in [0.2, 0.25) is 15.9 Å². The molecule has 1 amide bonds. The van der Waals surface area contributed by atoms with Gasteiger partial charge in [0.25, 0.3) is 0 Å². The van der Waals surface area contributed by atoms with Crippen molar-refractivity contribution in [3.05, 3.63) is 30.1 Å². The molecule has 1 aromatic heterocycles. The van der Waals surface area contributed by atoms with Crippen molar-refractivity contribution >= 4 is 15.9 Å². The second-order valence-electron chi connectivity index (χ2n) is 4.69. The molecule has 0 aromatic carbocycles. The Morgan fingerprint density at radius 3 is 2.89 bits per heavy atom. The van der Waals surface area contributed by atoms with Crippen LogP contribution in [0.3, 0.4) is 0 Å². The number of carbonyl (C=O) groups is 1. The highest BCUT2D eigenvalue weighted by Crippen LogP contribution is 2.16.